The molecule has 0 saturated carbocycles. The summed E-state index contributed by atoms with van der Waals surface area (Å²) in [6, 6.07) is 3.25. The summed E-state index contributed by atoms with van der Waals surface area (Å²) in [5.74, 6) is -0.157. The van der Waals surface area contributed by atoms with Gasteiger partial charge in [-0.15, -0.1) is 0 Å². The highest BCUT2D eigenvalue weighted by Crippen LogP contribution is 2.23. The van der Waals surface area contributed by atoms with Crippen molar-refractivity contribution in [2.45, 2.75) is 0 Å². The molecule has 0 atom stereocenters. The molecule has 0 spiro atoms. The van der Waals surface area contributed by atoms with Crippen LogP contribution in [-0.2, 0) is 9.53 Å². The molecule has 1 aromatic heterocycles. The summed E-state index contributed by atoms with van der Waals surface area (Å²) >= 11 is 3.14. The number of cyclic esters (lactones) is 1. The van der Waals surface area contributed by atoms with E-state index < -0.39 is 6.09 Å². The first-order chi connectivity index (χ1) is 9.54. The van der Waals surface area contributed by atoms with E-state index in [0.29, 0.717) is 24.3 Å². The molecule has 0 aliphatic carbocycles. The van der Waals surface area contributed by atoms with Crippen molar-refractivity contribution in [1.29, 1.82) is 0 Å². The number of rotatable bonds is 3. The lowest BCUT2D eigenvalue weighted by Gasteiger charge is -2.39. The molecule has 3 rings (SSSR count). The number of imide groups is 1. The fourth-order valence-electron chi connectivity index (χ4n) is 2.25. The molecule has 7 nitrogen and oxygen atoms in total. The van der Waals surface area contributed by atoms with Crippen molar-refractivity contribution in [3.63, 3.8) is 0 Å². The molecule has 2 aliphatic rings. The number of nitrogens with zero attached hydrogens (tertiary/aromatic N) is 2. The number of hydrogen-bond acceptors (Lipinski definition) is 5. The maximum atomic E-state index is 12.0. The number of carbonyl (C=O) groups is 3. The molecule has 106 valence electrons. The summed E-state index contributed by atoms with van der Waals surface area (Å²) in [7, 11) is 0. The van der Waals surface area contributed by atoms with E-state index in [4.69, 9.17) is 4.42 Å². The van der Waals surface area contributed by atoms with Crippen molar-refractivity contribution < 1.29 is 23.5 Å². The van der Waals surface area contributed by atoms with Crippen molar-refractivity contribution in [3.8, 4) is 0 Å². The quantitative estimate of drug-likeness (QED) is 0.821. The van der Waals surface area contributed by atoms with Crippen LogP contribution in [0.25, 0.3) is 0 Å². The average molecular weight is 343 g/mol. The van der Waals surface area contributed by atoms with E-state index in [1.807, 2.05) is 0 Å². The van der Waals surface area contributed by atoms with Gasteiger partial charge in [0.1, 0.15) is 0 Å². The highest BCUT2D eigenvalue weighted by atomic mass is 79.9. The van der Waals surface area contributed by atoms with Gasteiger partial charge >= 0.3 is 6.09 Å². The fourth-order valence-corrected chi connectivity index (χ4v) is 2.56. The van der Waals surface area contributed by atoms with E-state index in [0.717, 1.165) is 4.90 Å². The van der Waals surface area contributed by atoms with Crippen LogP contribution in [0.2, 0.25) is 0 Å². The van der Waals surface area contributed by atoms with Crippen molar-refractivity contribution in [1.82, 2.24) is 9.80 Å². The Morgan fingerprint density at radius 2 is 2.10 bits per heavy atom. The van der Waals surface area contributed by atoms with Crippen LogP contribution < -0.4 is 0 Å². The van der Waals surface area contributed by atoms with Crippen LogP contribution >= 0.6 is 15.9 Å². The third-order valence-corrected chi connectivity index (χ3v) is 3.74. The second-order valence-corrected chi connectivity index (χ2v) is 5.52. The van der Waals surface area contributed by atoms with Crippen LogP contribution in [0.4, 0.5) is 4.79 Å². The Balaban J connectivity index is 1.53. The summed E-state index contributed by atoms with van der Waals surface area (Å²) < 4.78 is 10.3. The summed E-state index contributed by atoms with van der Waals surface area (Å²) in [6.45, 7) is 1.10. The molecular weight excluding hydrogens is 332 g/mol. The molecule has 0 unspecified atom stereocenters. The molecule has 8 heteroatoms. The van der Waals surface area contributed by atoms with E-state index in [1.54, 1.807) is 17.0 Å². The van der Waals surface area contributed by atoms with Gasteiger partial charge in [0.15, 0.2) is 17.0 Å². The van der Waals surface area contributed by atoms with Crippen molar-refractivity contribution in [2.24, 2.45) is 5.92 Å². The van der Waals surface area contributed by atoms with Crippen LogP contribution in [0.5, 0.6) is 0 Å². The molecule has 1 aromatic rings. The van der Waals surface area contributed by atoms with Gasteiger partial charge in [-0.2, -0.15) is 0 Å². The fraction of sp³-hybridized carbons (Fsp3) is 0.417. The monoisotopic (exact) mass is 342 g/mol. The predicted molar refractivity (Wildman–Crippen MR) is 68.9 cm³/mol. The lowest BCUT2D eigenvalue weighted by atomic mass is 9.99. The van der Waals surface area contributed by atoms with Gasteiger partial charge in [-0.1, -0.05) is 0 Å². The maximum absolute atomic E-state index is 12.0. The summed E-state index contributed by atoms with van der Waals surface area (Å²) in [5.41, 5.74) is 0. The number of likely N-dealkylation sites (tertiary alicyclic amines) is 1. The smallest absolute Gasteiger partial charge is 0.417 e. The van der Waals surface area contributed by atoms with Gasteiger partial charge in [0.05, 0.1) is 0 Å². The second-order valence-electron chi connectivity index (χ2n) is 4.74. The van der Waals surface area contributed by atoms with E-state index in [1.165, 1.54) is 0 Å². The molecule has 3 heterocycles. The number of furan rings is 1. The van der Waals surface area contributed by atoms with E-state index in [9.17, 15) is 14.4 Å². The second kappa shape index (κ2) is 4.93. The maximum Gasteiger partial charge on any atom is 0.417 e. The standard InChI is InChI=1S/C12H11BrN2O5/c13-9-2-1-8(20-9)11(17)14-3-7(4-14)5-15-10(16)6-19-12(15)18/h1-2,7H,3-6H2. The minimum atomic E-state index is -0.602. The number of hydrogen-bond donors (Lipinski definition) is 0. The van der Waals surface area contributed by atoms with Gasteiger partial charge < -0.3 is 14.1 Å². The summed E-state index contributed by atoms with van der Waals surface area (Å²) in [6.07, 6.45) is -0.602. The Hall–Kier alpha value is -1.83. The van der Waals surface area contributed by atoms with Gasteiger partial charge in [-0.25, -0.2) is 9.69 Å². The summed E-state index contributed by atoms with van der Waals surface area (Å²) in [4.78, 5) is 37.4. The van der Waals surface area contributed by atoms with E-state index in [2.05, 4.69) is 20.7 Å². The zero-order valence-corrected chi connectivity index (χ0v) is 12.0. The Labute approximate surface area is 122 Å². The zero-order valence-electron chi connectivity index (χ0n) is 10.4. The Morgan fingerprint density at radius 1 is 1.35 bits per heavy atom. The van der Waals surface area contributed by atoms with Gasteiger partial charge in [0.25, 0.3) is 11.8 Å². The summed E-state index contributed by atoms with van der Waals surface area (Å²) in [5, 5.41) is 0. The van der Waals surface area contributed by atoms with Crippen molar-refractivity contribution in [2.75, 3.05) is 26.2 Å². The third kappa shape index (κ3) is 2.31. The van der Waals surface area contributed by atoms with Crippen LogP contribution in [-0.4, -0.2) is 53.9 Å². The normalized spacial score (nSPS) is 19.2. The minimum Gasteiger partial charge on any atom is -0.444 e. The van der Waals surface area contributed by atoms with Gasteiger partial charge in [0, 0.05) is 25.6 Å². The van der Waals surface area contributed by atoms with E-state index >= 15 is 0 Å². The molecule has 3 amide bonds. The predicted octanol–water partition coefficient (Wildman–Crippen LogP) is 1.09. The minimum absolute atomic E-state index is 0.0898. The molecule has 0 radical (unpaired) electrons. The Morgan fingerprint density at radius 3 is 2.65 bits per heavy atom. The molecule has 2 aliphatic heterocycles. The highest BCUT2D eigenvalue weighted by Gasteiger charge is 2.38. The lowest BCUT2D eigenvalue weighted by Crippen LogP contribution is -2.54. The Bertz CT molecular complexity index is 562. The van der Waals surface area contributed by atoms with Gasteiger partial charge in [-0.05, 0) is 28.1 Å². The number of halogens is 1. The lowest BCUT2D eigenvalue weighted by molar-refractivity contribution is -0.126. The first kappa shape index (κ1) is 13.2. The molecule has 0 aromatic carbocycles. The Kier molecular flexibility index (Phi) is 3.25. The number of carbonyl (C=O) groups excluding carboxylic acids is 3. The first-order valence-electron chi connectivity index (χ1n) is 6.06. The molecule has 20 heavy (non-hydrogen) atoms. The van der Waals surface area contributed by atoms with Crippen molar-refractivity contribution >= 4 is 33.8 Å². The van der Waals surface area contributed by atoms with E-state index in [-0.39, 0.29) is 30.1 Å². The van der Waals surface area contributed by atoms with Gasteiger partial charge in [0.2, 0.25) is 0 Å². The zero-order chi connectivity index (χ0) is 14.3. The SMILES string of the molecule is O=C(c1ccc(Br)o1)N1CC(CN2C(=O)COC2=O)C1. The first-order valence-corrected chi connectivity index (χ1v) is 6.85. The average Bonchev–Trinajstić information content (AvgIpc) is 2.92. The molecule has 2 fully saturated rings. The molecule has 0 bridgehead atoms. The van der Waals surface area contributed by atoms with Crippen molar-refractivity contribution in [3.05, 3.63) is 22.6 Å². The largest absolute Gasteiger partial charge is 0.444 e. The molecular formula is C12H11BrN2O5. The van der Waals surface area contributed by atoms with Crippen LogP contribution in [0.15, 0.2) is 21.2 Å². The highest BCUT2D eigenvalue weighted by molar-refractivity contribution is 9.10. The van der Waals surface area contributed by atoms with Crippen LogP contribution in [0.3, 0.4) is 0 Å². The molecule has 2 saturated heterocycles. The van der Waals surface area contributed by atoms with Crippen LogP contribution in [0.1, 0.15) is 10.6 Å². The third-order valence-electron chi connectivity index (χ3n) is 3.31. The molecule has 0 N–H and O–H groups in total. The number of amides is 3. The topological polar surface area (TPSA) is 80.1 Å². The van der Waals surface area contributed by atoms with Crippen LogP contribution in [0, 0.1) is 5.92 Å². The van der Waals surface area contributed by atoms with Gasteiger partial charge in [-0.3, -0.25) is 9.59 Å². The number of ether oxygens (including phenoxy) is 1.